The van der Waals surface area contributed by atoms with Crippen LogP contribution in [0.25, 0.3) is 11.6 Å². The highest BCUT2D eigenvalue weighted by Gasteiger charge is 2.28. The summed E-state index contributed by atoms with van der Waals surface area (Å²) in [5, 5.41) is 2.84. The minimum absolute atomic E-state index is 0.116. The molecule has 0 atom stereocenters. The van der Waals surface area contributed by atoms with Gasteiger partial charge in [0.05, 0.1) is 22.6 Å². The first kappa shape index (κ1) is 26.0. The van der Waals surface area contributed by atoms with Crippen molar-refractivity contribution in [2.45, 2.75) is 50.7 Å². The first-order chi connectivity index (χ1) is 18.1. The maximum Gasteiger partial charge on any atom is 0.256 e. The fourth-order valence-electron chi connectivity index (χ4n) is 5.27. The van der Waals surface area contributed by atoms with Crippen LogP contribution >= 0.6 is 0 Å². The van der Waals surface area contributed by atoms with Crippen molar-refractivity contribution in [2.75, 3.05) is 18.4 Å². The third-order valence-electron chi connectivity index (χ3n) is 7.72. The van der Waals surface area contributed by atoms with E-state index >= 15 is 0 Å². The molecule has 7 nitrogen and oxygen atoms in total. The fourth-order valence-corrected chi connectivity index (χ4v) is 6.64. The number of H-pyrrole nitrogens is 1. The Morgan fingerprint density at radius 3 is 2.50 bits per heavy atom. The third-order valence-corrected chi connectivity index (χ3v) is 9.40. The smallest absolute Gasteiger partial charge is 0.256 e. The van der Waals surface area contributed by atoms with Crippen LogP contribution in [0.3, 0.4) is 0 Å². The third kappa shape index (κ3) is 5.18. The molecule has 3 heterocycles. The lowest BCUT2D eigenvalue weighted by atomic mass is 9.98. The molecular weight excluding hydrogens is 498 g/mol. The summed E-state index contributed by atoms with van der Waals surface area (Å²) in [6.07, 6.45) is 4.14. The van der Waals surface area contributed by atoms with E-state index in [-0.39, 0.29) is 22.5 Å². The first-order valence-electron chi connectivity index (χ1n) is 13.0. The zero-order chi connectivity index (χ0) is 27.0. The highest BCUT2D eigenvalue weighted by Crippen LogP contribution is 2.36. The second-order valence-corrected chi connectivity index (χ2v) is 12.5. The molecule has 5 rings (SSSR count). The van der Waals surface area contributed by atoms with Crippen molar-refractivity contribution in [1.29, 1.82) is 0 Å². The average molecular weight is 532 g/mol. The lowest BCUT2D eigenvalue weighted by Gasteiger charge is -2.30. The summed E-state index contributed by atoms with van der Waals surface area (Å²) in [6, 6.07) is 13.8. The molecule has 0 spiro atoms. The van der Waals surface area contributed by atoms with E-state index in [9.17, 15) is 18.0 Å². The summed E-state index contributed by atoms with van der Waals surface area (Å²) in [4.78, 5) is 31.3. The molecule has 2 amide bonds. The Balaban J connectivity index is 1.42. The Bertz CT molecular complexity index is 1530. The summed E-state index contributed by atoms with van der Waals surface area (Å²) in [6.45, 7) is 7.71. The summed E-state index contributed by atoms with van der Waals surface area (Å²) in [5.74, 6) is 0.375. The molecule has 1 fully saturated rings. The second-order valence-electron chi connectivity index (χ2n) is 10.5. The van der Waals surface area contributed by atoms with Crippen LogP contribution in [0.15, 0.2) is 53.4 Å². The molecule has 3 aromatic rings. The second kappa shape index (κ2) is 10.3. The topological polar surface area (TPSA) is 99.3 Å². The van der Waals surface area contributed by atoms with Crippen molar-refractivity contribution in [3.63, 3.8) is 0 Å². The van der Waals surface area contributed by atoms with Gasteiger partial charge in [-0.15, -0.1) is 0 Å². The number of benzene rings is 2. The predicted molar refractivity (Wildman–Crippen MR) is 149 cm³/mol. The quantitative estimate of drug-likeness (QED) is 0.442. The maximum atomic E-state index is 13.1. The van der Waals surface area contributed by atoms with Gasteiger partial charge in [0.1, 0.15) is 0 Å². The summed E-state index contributed by atoms with van der Waals surface area (Å²) < 4.78 is 26.3. The number of aromatic amines is 1. The van der Waals surface area contributed by atoms with Crippen molar-refractivity contribution in [2.24, 2.45) is 5.92 Å². The standard InChI is InChI=1S/C30H33N3O4S/c1-19-11-13-33(14-12-19)29(34)17-24-20(2)28(31-21(24)3)16-26-25-15-23(9-10-27(25)32-30(26)35)38(36,37)18-22-7-5-4-6-8-22/h4-10,15-16,19,31H,11-14,17-18H2,1-3H3,(H,32,35)/b26-16-. The number of piperidine rings is 1. The van der Waals surface area contributed by atoms with Gasteiger partial charge in [0.25, 0.3) is 5.91 Å². The molecule has 1 aromatic heterocycles. The van der Waals surface area contributed by atoms with Gasteiger partial charge in [-0.1, -0.05) is 37.3 Å². The van der Waals surface area contributed by atoms with Crippen LogP contribution in [0.4, 0.5) is 5.69 Å². The van der Waals surface area contributed by atoms with Gasteiger partial charge in [-0.2, -0.15) is 0 Å². The van der Waals surface area contributed by atoms with Crippen molar-refractivity contribution in [3.05, 3.63) is 82.2 Å². The Kier molecular flexibility index (Phi) is 7.01. The van der Waals surface area contributed by atoms with Gasteiger partial charge in [0.2, 0.25) is 5.91 Å². The normalized spacial score (nSPS) is 17.1. The zero-order valence-corrected chi connectivity index (χ0v) is 22.8. The van der Waals surface area contributed by atoms with Gasteiger partial charge < -0.3 is 15.2 Å². The first-order valence-corrected chi connectivity index (χ1v) is 14.7. The van der Waals surface area contributed by atoms with E-state index in [1.807, 2.05) is 36.9 Å². The van der Waals surface area contributed by atoms with Crippen LogP contribution in [-0.2, 0) is 31.6 Å². The number of aromatic nitrogens is 1. The number of hydrogen-bond acceptors (Lipinski definition) is 4. The molecular formula is C30H33N3O4S. The minimum atomic E-state index is -3.60. The van der Waals surface area contributed by atoms with Crippen LogP contribution in [0.5, 0.6) is 0 Å². The number of sulfone groups is 1. The molecule has 0 unspecified atom stereocenters. The molecule has 2 N–H and O–H groups in total. The van der Waals surface area contributed by atoms with Gasteiger partial charge in [-0.05, 0) is 73.6 Å². The van der Waals surface area contributed by atoms with E-state index in [2.05, 4.69) is 17.2 Å². The van der Waals surface area contributed by atoms with Crippen LogP contribution in [0.1, 0.15) is 53.4 Å². The lowest BCUT2D eigenvalue weighted by molar-refractivity contribution is -0.131. The number of carbonyl (C=O) groups excluding carboxylic acids is 2. The molecule has 1 saturated heterocycles. The Hall–Kier alpha value is -3.65. The number of amides is 2. The summed E-state index contributed by atoms with van der Waals surface area (Å²) in [7, 11) is -3.60. The van der Waals surface area contributed by atoms with E-state index in [0.717, 1.165) is 48.4 Å². The molecule has 0 saturated carbocycles. The van der Waals surface area contributed by atoms with Crippen LogP contribution in [-0.4, -0.2) is 43.2 Å². The molecule has 2 aliphatic rings. The van der Waals surface area contributed by atoms with Crippen LogP contribution in [0.2, 0.25) is 0 Å². The van der Waals surface area contributed by atoms with Gasteiger partial charge in [0, 0.05) is 35.7 Å². The number of aryl methyl sites for hydroxylation is 1. The van der Waals surface area contributed by atoms with Crippen molar-refractivity contribution >= 4 is 39.0 Å². The number of nitrogens with zero attached hydrogens (tertiary/aromatic N) is 1. The average Bonchev–Trinajstić information content (AvgIpc) is 3.34. The monoisotopic (exact) mass is 531 g/mol. The Morgan fingerprint density at radius 1 is 1.08 bits per heavy atom. The molecule has 0 bridgehead atoms. The van der Waals surface area contributed by atoms with E-state index in [4.69, 9.17) is 0 Å². The number of fused-ring (bicyclic) bond motifs is 1. The molecule has 0 aliphatic carbocycles. The van der Waals surface area contributed by atoms with E-state index in [1.165, 1.54) is 6.07 Å². The van der Waals surface area contributed by atoms with Crippen molar-refractivity contribution in [3.8, 4) is 0 Å². The Morgan fingerprint density at radius 2 is 1.79 bits per heavy atom. The summed E-state index contributed by atoms with van der Waals surface area (Å²) in [5.41, 5.74) is 5.73. The van der Waals surface area contributed by atoms with E-state index in [0.29, 0.717) is 34.7 Å². The number of likely N-dealkylation sites (tertiary alicyclic amines) is 1. The van der Waals surface area contributed by atoms with Crippen molar-refractivity contribution < 1.29 is 18.0 Å². The van der Waals surface area contributed by atoms with E-state index < -0.39 is 9.84 Å². The number of rotatable bonds is 6. The zero-order valence-electron chi connectivity index (χ0n) is 22.0. The maximum absolute atomic E-state index is 13.1. The minimum Gasteiger partial charge on any atom is -0.359 e. The molecule has 2 aliphatic heterocycles. The molecule has 198 valence electrons. The van der Waals surface area contributed by atoms with Crippen LogP contribution in [0, 0.1) is 19.8 Å². The number of hydrogen-bond donors (Lipinski definition) is 2. The van der Waals surface area contributed by atoms with Gasteiger partial charge in [-0.3, -0.25) is 9.59 Å². The van der Waals surface area contributed by atoms with Crippen LogP contribution < -0.4 is 5.32 Å². The number of nitrogens with one attached hydrogen (secondary N) is 2. The van der Waals surface area contributed by atoms with Gasteiger partial charge in [0.15, 0.2) is 9.84 Å². The van der Waals surface area contributed by atoms with E-state index in [1.54, 1.807) is 30.3 Å². The Labute approximate surface area is 223 Å². The molecule has 2 aromatic carbocycles. The highest BCUT2D eigenvalue weighted by molar-refractivity contribution is 7.90. The van der Waals surface area contributed by atoms with Crippen molar-refractivity contribution in [1.82, 2.24) is 9.88 Å². The molecule has 38 heavy (non-hydrogen) atoms. The van der Waals surface area contributed by atoms with Gasteiger partial charge >= 0.3 is 0 Å². The molecule has 8 heteroatoms. The van der Waals surface area contributed by atoms with Gasteiger partial charge in [-0.25, -0.2) is 8.42 Å². The number of anilines is 1. The fraction of sp³-hybridized carbons (Fsp3) is 0.333. The number of carbonyl (C=O) groups is 2. The lowest BCUT2D eigenvalue weighted by Crippen LogP contribution is -2.38. The predicted octanol–water partition coefficient (Wildman–Crippen LogP) is 4.90. The molecule has 0 radical (unpaired) electrons. The highest BCUT2D eigenvalue weighted by atomic mass is 32.2. The largest absolute Gasteiger partial charge is 0.359 e. The summed E-state index contributed by atoms with van der Waals surface area (Å²) >= 11 is 0. The SMILES string of the molecule is Cc1[nH]c(/C=C2\C(=O)Nc3ccc(S(=O)(=O)Cc4ccccc4)cc32)c(C)c1CC(=O)N1CCC(C)CC1.